The minimum absolute atomic E-state index is 0.151. The molecule has 3 N–H and O–H groups in total. The first-order chi connectivity index (χ1) is 9.55. The molecule has 0 unspecified atom stereocenters. The summed E-state index contributed by atoms with van der Waals surface area (Å²) in [4.78, 5) is 0. The maximum atomic E-state index is 12.1. The van der Waals surface area contributed by atoms with E-state index in [2.05, 4.69) is 4.72 Å². The number of hydrogen-bond acceptors (Lipinski definition) is 5. The van der Waals surface area contributed by atoms with Crippen LogP contribution >= 0.6 is 0 Å². The Morgan fingerprint density at radius 2 is 1.90 bits per heavy atom. The zero-order chi connectivity index (χ0) is 14.6. The molecule has 2 aromatic rings. The van der Waals surface area contributed by atoms with Crippen LogP contribution in [0.2, 0.25) is 0 Å². The van der Waals surface area contributed by atoms with Crippen molar-refractivity contribution in [1.82, 2.24) is 0 Å². The van der Waals surface area contributed by atoms with Gasteiger partial charge in [0.25, 0.3) is 10.0 Å². The van der Waals surface area contributed by atoms with E-state index in [1.54, 1.807) is 24.3 Å². The predicted molar refractivity (Wildman–Crippen MR) is 75.0 cm³/mol. The van der Waals surface area contributed by atoms with Crippen molar-refractivity contribution >= 4 is 15.7 Å². The normalized spacial score (nSPS) is 11.3. The highest BCUT2D eigenvalue weighted by Crippen LogP contribution is 2.20. The molecule has 0 aliphatic carbocycles. The van der Waals surface area contributed by atoms with Gasteiger partial charge in [-0.3, -0.25) is 4.72 Å². The molecule has 0 radical (unpaired) electrons. The van der Waals surface area contributed by atoms with Gasteiger partial charge in [0.05, 0.1) is 13.2 Å². The van der Waals surface area contributed by atoms with Crippen molar-refractivity contribution in [2.45, 2.75) is 18.6 Å². The van der Waals surface area contributed by atoms with Crippen LogP contribution in [0.25, 0.3) is 0 Å². The van der Waals surface area contributed by atoms with Gasteiger partial charge >= 0.3 is 0 Å². The molecule has 108 valence electrons. The molecular formula is C13H16N2O4S. The summed E-state index contributed by atoms with van der Waals surface area (Å²) >= 11 is 0. The van der Waals surface area contributed by atoms with Crippen LogP contribution in [-0.4, -0.2) is 15.0 Å². The van der Waals surface area contributed by atoms with Gasteiger partial charge in [0, 0.05) is 5.69 Å². The van der Waals surface area contributed by atoms with Gasteiger partial charge in [-0.05, 0) is 43.3 Å². The van der Waals surface area contributed by atoms with Crippen molar-refractivity contribution in [2.75, 3.05) is 11.3 Å². The molecule has 1 aromatic heterocycles. The summed E-state index contributed by atoms with van der Waals surface area (Å²) < 4.78 is 37.0. The summed E-state index contributed by atoms with van der Waals surface area (Å²) in [5.74, 6) is 1.09. The summed E-state index contributed by atoms with van der Waals surface area (Å²) in [7, 11) is -3.74. The third kappa shape index (κ3) is 3.31. The third-order valence-electron chi connectivity index (χ3n) is 2.52. The van der Waals surface area contributed by atoms with E-state index in [4.69, 9.17) is 14.9 Å². The zero-order valence-corrected chi connectivity index (χ0v) is 11.8. The Morgan fingerprint density at radius 3 is 2.45 bits per heavy atom. The van der Waals surface area contributed by atoms with E-state index < -0.39 is 10.0 Å². The van der Waals surface area contributed by atoms with Crippen molar-refractivity contribution < 1.29 is 17.6 Å². The van der Waals surface area contributed by atoms with E-state index >= 15 is 0 Å². The lowest BCUT2D eigenvalue weighted by molar-refractivity contribution is 0.340. The van der Waals surface area contributed by atoms with Crippen LogP contribution in [0.4, 0.5) is 5.69 Å². The Labute approximate surface area is 117 Å². The second-order valence-corrected chi connectivity index (χ2v) is 5.60. The second-order valence-electron chi connectivity index (χ2n) is 3.99. The molecule has 0 amide bonds. The molecule has 0 fully saturated rings. The second kappa shape index (κ2) is 5.98. The lowest BCUT2D eigenvalue weighted by Gasteiger charge is -2.07. The predicted octanol–water partition coefficient (Wildman–Crippen LogP) is 1.94. The highest BCUT2D eigenvalue weighted by molar-refractivity contribution is 7.92. The number of benzene rings is 1. The molecule has 6 nitrogen and oxygen atoms in total. The Kier molecular flexibility index (Phi) is 4.31. The van der Waals surface area contributed by atoms with Crippen LogP contribution in [-0.2, 0) is 16.6 Å². The van der Waals surface area contributed by atoms with E-state index in [-0.39, 0.29) is 11.6 Å². The first kappa shape index (κ1) is 14.4. The topological polar surface area (TPSA) is 94.6 Å². The standard InChI is InChI=1S/C13H16N2O4S/c1-2-18-11-5-3-10(4-6-11)15-20(16,17)13-8-7-12(9-14)19-13/h3-8,15H,2,9,14H2,1H3. The lowest BCUT2D eigenvalue weighted by atomic mass is 10.3. The SMILES string of the molecule is CCOc1ccc(NS(=O)(=O)c2ccc(CN)o2)cc1. The molecule has 0 bridgehead atoms. The number of hydrogen-bond donors (Lipinski definition) is 2. The minimum atomic E-state index is -3.74. The summed E-state index contributed by atoms with van der Waals surface area (Å²) in [5.41, 5.74) is 5.81. The smallest absolute Gasteiger partial charge is 0.295 e. The molecule has 1 heterocycles. The molecular weight excluding hydrogens is 280 g/mol. The molecule has 0 atom stereocenters. The Morgan fingerprint density at radius 1 is 1.20 bits per heavy atom. The number of nitrogens with one attached hydrogen (secondary N) is 1. The van der Waals surface area contributed by atoms with Crippen LogP contribution in [0.3, 0.4) is 0 Å². The summed E-state index contributed by atoms with van der Waals surface area (Å²) in [6, 6.07) is 9.53. The molecule has 7 heteroatoms. The van der Waals surface area contributed by atoms with Crippen molar-refractivity contribution in [3.05, 3.63) is 42.2 Å². The van der Waals surface area contributed by atoms with Gasteiger partial charge in [-0.15, -0.1) is 0 Å². The largest absolute Gasteiger partial charge is 0.494 e. The van der Waals surface area contributed by atoms with Crippen LogP contribution in [0.5, 0.6) is 5.75 Å². The third-order valence-corrected chi connectivity index (χ3v) is 3.77. The number of nitrogens with two attached hydrogens (primary N) is 1. The van der Waals surface area contributed by atoms with Gasteiger partial charge in [0.15, 0.2) is 0 Å². The highest BCUT2D eigenvalue weighted by Gasteiger charge is 2.18. The van der Waals surface area contributed by atoms with Gasteiger partial charge < -0.3 is 14.9 Å². The van der Waals surface area contributed by atoms with Gasteiger partial charge in [-0.1, -0.05) is 0 Å². The van der Waals surface area contributed by atoms with E-state index in [1.165, 1.54) is 12.1 Å². The number of rotatable bonds is 6. The fraction of sp³-hybridized carbons (Fsp3) is 0.231. The van der Waals surface area contributed by atoms with Gasteiger partial charge in [0.1, 0.15) is 11.5 Å². The summed E-state index contributed by atoms with van der Waals surface area (Å²) in [6.45, 7) is 2.58. The first-order valence-corrected chi connectivity index (χ1v) is 7.58. The molecule has 0 saturated heterocycles. The fourth-order valence-corrected chi connectivity index (χ4v) is 2.61. The van der Waals surface area contributed by atoms with E-state index in [1.807, 2.05) is 6.92 Å². The average molecular weight is 296 g/mol. The van der Waals surface area contributed by atoms with E-state index in [0.29, 0.717) is 23.8 Å². The van der Waals surface area contributed by atoms with Crippen LogP contribution in [0.1, 0.15) is 12.7 Å². The van der Waals surface area contributed by atoms with Crippen molar-refractivity contribution in [1.29, 1.82) is 0 Å². The van der Waals surface area contributed by atoms with Crippen molar-refractivity contribution in [3.8, 4) is 5.75 Å². The molecule has 20 heavy (non-hydrogen) atoms. The Bertz CT molecular complexity index is 662. The zero-order valence-electron chi connectivity index (χ0n) is 11.0. The van der Waals surface area contributed by atoms with E-state index in [9.17, 15) is 8.42 Å². The molecule has 0 aliphatic rings. The number of anilines is 1. The number of furan rings is 1. The summed E-state index contributed by atoms with van der Waals surface area (Å²) in [6.07, 6.45) is 0. The Hall–Kier alpha value is -1.99. The van der Waals surface area contributed by atoms with Crippen LogP contribution < -0.4 is 15.2 Å². The van der Waals surface area contributed by atoms with Crippen LogP contribution in [0.15, 0.2) is 45.9 Å². The monoisotopic (exact) mass is 296 g/mol. The quantitative estimate of drug-likeness (QED) is 0.849. The van der Waals surface area contributed by atoms with Crippen molar-refractivity contribution in [2.24, 2.45) is 5.73 Å². The number of sulfonamides is 1. The highest BCUT2D eigenvalue weighted by atomic mass is 32.2. The average Bonchev–Trinajstić information content (AvgIpc) is 2.91. The maximum absolute atomic E-state index is 12.1. The first-order valence-electron chi connectivity index (χ1n) is 6.09. The van der Waals surface area contributed by atoms with Crippen molar-refractivity contribution in [3.63, 3.8) is 0 Å². The lowest BCUT2D eigenvalue weighted by Crippen LogP contribution is -2.12. The molecule has 2 rings (SSSR count). The molecule has 0 spiro atoms. The minimum Gasteiger partial charge on any atom is -0.494 e. The van der Waals surface area contributed by atoms with Gasteiger partial charge in [0.2, 0.25) is 5.09 Å². The van der Waals surface area contributed by atoms with E-state index in [0.717, 1.165) is 0 Å². The molecule has 0 aliphatic heterocycles. The maximum Gasteiger partial charge on any atom is 0.295 e. The molecule has 0 saturated carbocycles. The fourth-order valence-electron chi connectivity index (χ4n) is 1.60. The van der Waals surface area contributed by atoms with Gasteiger partial charge in [-0.2, -0.15) is 8.42 Å². The number of ether oxygens (including phenoxy) is 1. The Balaban J connectivity index is 2.15. The summed E-state index contributed by atoms with van der Waals surface area (Å²) in [5, 5.41) is -0.160. The molecule has 1 aromatic carbocycles. The van der Waals surface area contributed by atoms with Gasteiger partial charge in [-0.25, -0.2) is 0 Å². The van der Waals surface area contributed by atoms with Crippen LogP contribution in [0, 0.1) is 0 Å².